The van der Waals surface area contributed by atoms with Gasteiger partial charge in [-0.05, 0) is 178 Å². The number of fused-ring (bicyclic) bond motifs is 10. The minimum Gasteiger partial charge on any atom is -0.298 e. The third-order valence-electron chi connectivity index (χ3n) is 15.8. The molecule has 0 radical (unpaired) electrons. The smallest absolute Gasteiger partial charge is 0.0109 e. The van der Waals surface area contributed by atoms with Gasteiger partial charge in [0.1, 0.15) is 0 Å². The van der Waals surface area contributed by atoms with Crippen LogP contribution in [0.25, 0.3) is 0 Å². The van der Waals surface area contributed by atoms with E-state index in [1.807, 2.05) is 0 Å². The predicted octanol–water partition coefficient (Wildman–Crippen LogP) is 12.2. The van der Waals surface area contributed by atoms with Crippen molar-refractivity contribution >= 4 is 0 Å². The lowest BCUT2D eigenvalue weighted by Crippen LogP contribution is -2.45. The highest BCUT2D eigenvalue weighted by molar-refractivity contribution is 5.03. The first-order chi connectivity index (χ1) is 24.4. The second-order valence-corrected chi connectivity index (χ2v) is 24.9. The van der Waals surface area contributed by atoms with Crippen LogP contribution >= 0.6 is 0 Å². The summed E-state index contributed by atoms with van der Waals surface area (Å²) in [5, 5.41) is 0. The Hall–Kier alpha value is -0.160. The Balaban J connectivity index is 0.000000136. The van der Waals surface area contributed by atoms with Crippen molar-refractivity contribution in [2.75, 3.05) is 26.2 Å². The highest BCUT2D eigenvalue weighted by Gasteiger charge is 2.50. The van der Waals surface area contributed by atoms with Crippen molar-refractivity contribution in [2.24, 2.45) is 38.9 Å². The normalized spacial score (nSPS) is 40.1. The predicted molar refractivity (Wildman–Crippen MR) is 232 cm³/mol. The second-order valence-electron chi connectivity index (χ2n) is 24.9. The summed E-state index contributed by atoms with van der Waals surface area (Å²) in [6.07, 6.45) is 20.2. The van der Waals surface area contributed by atoms with E-state index >= 15 is 0 Å². The molecule has 0 aromatic carbocycles. The molecule has 0 spiro atoms. The molecule has 8 atom stereocenters. The molecule has 4 heteroatoms. The highest BCUT2D eigenvalue weighted by Crippen LogP contribution is 2.53. The van der Waals surface area contributed by atoms with Gasteiger partial charge in [-0.1, -0.05) is 61.8 Å². The van der Waals surface area contributed by atoms with Gasteiger partial charge in [0.05, 0.1) is 0 Å². The lowest BCUT2D eigenvalue weighted by molar-refractivity contribution is 0.0893. The van der Waals surface area contributed by atoms with Gasteiger partial charge in [-0.3, -0.25) is 19.6 Å². The van der Waals surface area contributed by atoms with Crippen LogP contribution in [0, 0.1) is 38.9 Å². The van der Waals surface area contributed by atoms with Gasteiger partial charge >= 0.3 is 0 Å². The highest BCUT2D eigenvalue weighted by atomic mass is 15.2. The van der Waals surface area contributed by atoms with Gasteiger partial charge in [0.2, 0.25) is 0 Å². The Kier molecular flexibility index (Phi) is 13.8. The molecule has 0 aromatic heterocycles. The van der Waals surface area contributed by atoms with Gasteiger partial charge < -0.3 is 0 Å². The fraction of sp³-hybridized carbons (Fsp3) is 1.00. The molecule has 4 saturated carbocycles. The van der Waals surface area contributed by atoms with Crippen LogP contribution in [0.5, 0.6) is 0 Å². The van der Waals surface area contributed by atoms with E-state index in [9.17, 15) is 0 Å². The summed E-state index contributed by atoms with van der Waals surface area (Å²) in [5.74, 6) is 1.97. The zero-order chi connectivity index (χ0) is 39.3. The van der Waals surface area contributed by atoms with Crippen LogP contribution in [-0.4, -0.2) is 94.1 Å². The second kappa shape index (κ2) is 16.6. The molecule has 5 heterocycles. The van der Waals surface area contributed by atoms with Crippen molar-refractivity contribution in [3.63, 3.8) is 0 Å². The van der Waals surface area contributed by atoms with Gasteiger partial charge in [-0.25, -0.2) is 0 Å². The molecule has 9 rings (SSSR count). The molecule has 4 aliphatic carbocycles. The third kappa shape index (κ3) is 11.3. The average Bonchev–Trinajstić information content (AvgIpc) is 3.46. The Morgan fingerprint density at radius 1 is 0.415 bits per heavy atom. The zero-order valence-electron chi connectivity index (χ0n) is 38.8. The summed E-state index contributed by atoms with van der Waals surface area (Å²) in [7, 11) is 0. The van der Waals surface area contributed by atoms with Crippen LogP contribution in [0.4, 0.5) is 0 Å². The van der Waals surface area contributed by atoms with Crippen molar-refractivity contribution in [1.29, 1.82) is 0 Å². The van der Waals surface area contributed by atoms with Gasteiger partial charge in [-0.15, -0.1) is 0 Å². The Labute approximate surface area is 332 Å². The van der Waals surface area contributed by atoms with Crippen LogP contribution in [0.15, 0.2) is 0 Å². The quantitative estimate of drug-likeness (QED) is 0.285. The van der Waals surface area contributed by atoms with E-state index in [1.54, 1.807) is 0 Å². The molecule has 4 nitrogen and oxygen atoms in total. The van der Waals surface area contributed by atoms with E-state index in [0.717, 1.165) is 60.2 Å². The van der Waals surface area contributed by atoms with E-state index in [0.29, 0.717) is 27.1 Å². The summed E-state index contributed by atoms with van der Waals surface area (Å²) >= 11 is 0. The van der Waals surface area contributed by atoms with E-state index in [4.69, 9.17) is 0 Å². The summed E-state index contributed by atoms with van der Waals surface area (Å²) in [6.45, 7) is 43.8. The number of hydrogen-bond donors (Lipinski definition) is 0. The molecule has 8 bridgehead atoms. The molecule has 0 aromatic rings. The van der Waals surface area contributed by atoms with Crippen molar-refractivity contribution in [3.05, 3.63) is 0 Å². The van der Waals surface area contributed by atoms with Crippen LogP contribution in [0.2, 0.25) is 0 Å². The summed E-state index contributed by atoms with van der Waals surface area (Å²) in [5.41, 5.74) is 3.05. The van der Waals surface area contributed by atoms with Crippen LogP contribution < -0.4 is 0 Å². The number of rotatable bonds is 4. The standard InChI is InChI=1S/2C13H25N.C12H23N.C11H21N/c1-10(2)14-9-13(5)7-11(14)6-12(3,4)8-13;1-10(2)14-9-11-5-6-12(14)8-13(3,4)7-11;1-9(2)13-8-10-5-11(13)7-12(3,4)6-10;1-9(2)12-8-11(3)6-4-5-10(12)7-11/h10-11H,6-9H2,1-5H3;10-12H,5-9H2,1-4H3;9-11H,5-8H2,1-4H3;9-10H,4-8H2,1-3H3. The van der Waals surface area contributed by atoms with Crippen molar-refractivity contribution < 1.29 is 0 Å². The maximum Gasteiger partial charge on any atom is 0.0109 e. The molecule has 9 fully saturated rings. The first-order valence-corrected chi connectivity index (χ1v) is 23.4. The number of likely N-dealkylation sites (tertiary alicyclic amines) is 3. The third-order valence-corrected chi connectivity index (χ3v) is 15.8. The zero-order valence-corrected chi connectivity index (χ0v) is 38.8. The maximum absolute atomic E-state index is 2.75. The molecular formula is C49H94N4. The molecule has 310 valence electrons. The molecule has 53 heavy (non-hydrogen) atoms. The molecule has 0 amide bonds. The average molecular weight is 739 g/mol. The Bertz CT molecular complexity index is 1160. The van der Waals surface area contributed by atoms with Crippen molar-refractivity contribution in [3.8, 4) is 0 Å². The number of piperidine rings is 1. The van der Waals surface area contributed by atoms with Crippen molar-refractivity contribution in [1.82, 2.24) is 19.6 Å². The summed E-state index contributed by atoms with van der Waals surface area (Å²) in [6, 6.07) is 6.55. The fourth-order valence-electron chi connectivity index (χ4n) is 14.4. The van der Waals surface area contributed by atoms with Gasteiger partial charge in [-0.2, -0.15) is 0 Å². The van der Waals surface area contributed by atoms with Gasteiger partial charge in [0.25, 0.3) is 0 Å². The molecule has 0 N–H and O–H groups in total. The monoisotopic (exact) mass is 739 g/mol. The first-order valence-electron chi connectivity index (χ1n) is 23.4. The van der Waals surface area contributed by atoms with Crippen LogP contribution in [0.1, 0.15) is 201 Å². The Morgan fingerprint density at radius 3 is 1.45 bits per heavy atom. The Morgan fingerprint density at radius 2 is 0.868 bits per heavy atom. The summed E-state index contributed by atoms with van der Waals surface area (Å²) in [4.78, 5) is 10.9. The van der Waals surface area contributed by atoms with Crippen molar-refractivity contribution in [2.45, 2.75) is 249 Å². The van der Waals surface area contributed by atoms with Crippen LogP contribution in [0.3, 0.4) is 0 Å². The lowest BCUT2D eigenvalue weighted by Gasteiger charge is -2.40. The fourth-order valence-corrected chi connectivity index (χ4v) is 14.4. The summed E-state index contributed by atoms with van der Waals surface area (Å²) < 4.78 is 0. The van der Waals surface area contributed by atoms with E-state index in [2.05, 4.69) is 130 Å². The minimum absolute atomic E-state index is 0.571. The van der Waals surface area contributed by atoms with Gasteiger partial charge in [0.15, 0.2) is 0 Å². The SMILES string of the molecule is CC(C)N1CC2(C)CC1CC(C)(C)C2.CC(C)N1CC2(C)CCCC1C2.CC(C)N1CC2CC1CC(C)(C)C2.CC(C)N1CC2CCC1CC(C)(C)C2. The number of hydrogen-bond acceptors (Lipinski definition) is 4. The molecule has 5 aliphatic heterocycles. The maximum atomic E-state index is 2.75. The van der Waals surface area contributed by atoms with E-state index in [-0.39, 0.29) is 0 Å². The molecule has 8 unspecified atom stereocenters. The molecule has 9 aliphatic rings. The minimum atomic E-state index is 0.571. The molecule has 5 saturated heterocycles. The van der Waals surface area contributed by atoms with Gasteiger partial charge in [0, 0.05) is 74.5 Å². The van der Waals surface area contributed by atoms with Crippen LogP contribution in [-0.2, 0) is 0 Å². The lowest BCUT2D eigenvalue weighted by atomic mass is 9.65. The molecular weight excluding hydrogens is 645 g/mol. The largest absolute Gasteiger partial charge is 0.298 e. The topological polar surface area (TPSA) is 13.0 Å². The van der Waals surface area contributed by atoms with E-state index in [1.165, 1.54) is 116 Å². The number of nitrogens with zero attached hydrogens (tertiary/aromatic N) is 4. The van der Waals surface area contributed by atoms with E-state index < -0.39 is 0 Å². The first kappa shape index (κ1) is 44.0.